The first-order valence-corrected chi connectivity index (χ1v) is 12.7. The number of nitrogens with zero attached hydrogens (tertiary/aromatic N) is 1. The highest BCUT2D eigenvalue weighted by atomic mass is 32.2. The van der Waals surface area contributed by atoms with E-state index in [1.165, 1.54) is 23.9 Å². The van der Waals surface area contributed by atoms with Crippen molar-refractivity contribution < 1.29 is 18.0 Å². The van der Waals surface area contributed by atoms with Crippen molar-refractivity contribution in [2.75, 3.05) is 23.7 Å². The number of sulfonamides is 1. The molecule has 1 atom stereocenters. The highest BCUT2D eigenvalue weighted by Crippen LogP contribution is 2.36. The Labute approximate surface area is 186 Å². The van der Waals surface area contributed by atoms with Crippen LogP contribution in [0.25, 0.3) is 0 Å². The van der Waals surface area contributed by atoms with Crippen LogP contribution >= 0.6 is 11.8 Å². The number of anilines is 2. The molecule has 0 aromatic heterocycles. The van der Waals surface area contributed by atoms with Gasteiger partial charge < -0.3 is 10.6 Å². The molecule has 31 heavy (non-hydrogen) atoms. The van der Waals surface area contributed by atoms with Crippen LogP contribution in [-0.4, -0.2) is 42.9 Å². The minimum atomic E-state index is -3.52. The summed E-state index contributed by atoms with van der Waals surface area (Å²) < 4.78 is 27.3. The number of rotatable bonds is 4. The van der Waals surface area contributed by atoms with Crippen molar-refractivity contribution >= 4 is 45.0 Å². The number of hydrogen-bond donors (Lipinski definition) is 2. The van der Waals surface area contributed by atoms with Crippen molar-refractivity contribution in [2.45, 2.75) is 47.6 Å². The summed E-state index contributed by atoms with van der Waals surface area (Å²) >= 11 is 1.46. The number of carbonyl (C=O) groups excluding carboxylic acids is 2. The minimum Gasteiger partial charge on any atom is -0.324 e. The number of carbonyl (C=O) groups is 2. The van der Waals surface area contributed by atoms with Gasteiger partial charge in [-0.05, 0) is 62.2 Å². The Hall–Kier alpha value is -2.36. The molecule has 1 saturated heterocycles. The minimum absolute atomic E-state index is 0.0868. The topological polar surface area (TPSA) is 95.6 Å². The molecule has 2 aromatic carbocycles. The number of hydrogen-bond acceptors (Lipinski definition) is 5. The monoisotopic (exact) mass is 459 g/mol. The molecule has 0 radical (unpaired) electrons. The zero-order chi connectivity index (χ0) is 22.0. The Balaban J connectivity index is 1.46. The maximum Gasteiger partial charge on any atom is 0.255 e. The van der Waals surface area contributed by atoms with Crippen molar-refractivity contribution in [1.82, 2.24) is 4.31 Å². The molecule has 0 aliphatic carbocycles. The molecule has 0 bridgehead atoms. The molecule has 1 fully saturated rings. The van der Waals surface area contributed by atoms with Crippen LogP contribution in [0.5, 0.6) is 0 Å². The second-order valence-corrected chi connectivity index (χ2v) is 11.1. The Morgan fingerprint density at radius 1 is 1.06 bits per heavy atom. The van der Waals surface area contributed by atoms with Crippen molar-refractivity contribution in [3.05, 3.63) is 48.0 Å². The van der Waals surface area contributed by atoms with Crippen molar-refractivity contribution in [2.24, 2.45) is 0 Å². The van der Waals surface area contributed by atoms with Gasteiger partial charge in [0.25, 0.3) is 5.91 Å². The number of nitrogens with one attached hydrogen (secondary N) is 2. The predicted octanol–water partition coefficient (Wildman–Crippen LogP) is 3.94. The molecule has 0 saturated carbocycles. The third kappa shape index (κ3) is 4.78. The van der Waals surface area contributed by atoms with Crippen LogP contribution in [0, 0.1) is 0 Å². The van der Waals surface area contributed by atoms with E-state index in [0.29, 0.717) is 30.0 Å². The van der Waals surface area contributed by atoms with E-state index in [-0.39, 0.29) is 22.0 Å². The lowest BCUT2D eigenvalue weighted by molar-refractivity contribution is -0.115. The average Bonchev–Trinajstić information content (AvgIpc) is 3.05. The Morgan fingerprint density at radius 2 is 1.74 bits per heavy atom. The van der Waals surface area contributed by atoms with Crippen LogP contribution in [0.15, 0.2) is 52.3 Å². The lowest BCUT2D eigenvalue weighted by Crippen LogP contribution is -2.31. The fraction of sp³-hybridized carbons (Fsp3) is 0.364. The zero-order valence-corrected chi connectivity index (χ0v) is 18.9. The van der Waals surface area contributed by atoms with Gasteiger partial charge in [-0.1, -0.05) is 12.8 Å². The fourth-order valence-corrected chi connectivity index (χ4v) is 6.14. The van der Waals surface area contributed by atoms with Gasteiger partial charge in [-0.2, -0.15) is 4.31 Å². The summed E-state index contributed by atoms with van der Waals surface area (Å²) in [6.45, 7) is 2.93. The van der Waals surface area contributed by atoms with E-state index in [1.807, 2.05) is 13.0 Å². The SMILES string of the molecule is C[C@H]1Sc2ccc(C(=O)Nc3ccc(S(=O)(=O)N4CCCCCC4)cc3)cc2NC1=O. The molecule has 2 N–H and O–H groups in total. The second kappa shape index (κ2) is 9.02. The first-order chi connectivity index (χ1) is 14.8. The van der Waals surface area contributed by atoms with Gasteiger partial charge in [0.2, 0.25) is 15.9 Å². The van der Waals surface area contributed by atoms with E-state index >= 15 is 0 Å². The second-order valence-electron chi connectivity index (χ2n) is 7.76. The van der Waals surface area contributed by atoms with Crippen LogP contribution in [-0.2, 0) is 14.8 Å². The molecule has 0 unspecified atom stereocenters. The third-order valence-electron chi connectivity index (χ3n) is 5.49. The van der Waals surface area contributed by atoms with Gasteiger partial charge >= 0.3 is 0 Å². The zero-order valence-electron chi connectivity index (χ0n) is 17.3. The predicted molar refractivity (Wildman–Crippen MR) is 122 cm³/mol. The molecule has 2 heterocycles. The highest BCUT2D eigenvalue weighted by molar-refractivity contribution is 8.01. The number of benzene rings is 2. The molecule has 2 aliphatic heterocycles. The van der Waals surface area contributed by atoms with Gasteiger partial charge in [0.05, 0.1) is 15.8 Å². The van der Waals surface area contributed by atoms with Crippen LogP contribution < -0.4 is 10.6 Å². The Morgan fingerprint density at radius 3 is 2.42 bits per heavy atom. The van der Waals surface area contributed by atoms with Crippen molar-refractivity contribution in [3.8, 4) is 0 Å². The summed E-state index contributed by atoms with van der Waals surface area (Å²) in [6, 6.07) is 11.4. The first kappa shape index (κ1) is 21.9. The molecule has 4 rings (SSSR count). The summed E-state index contributed by atoms with van der Waals surface area (Å²) in [5, 5.41) is 5.43. The molecular weight excluding hydrogens is 434 g/mol. The van der Waals surface area contributed by atoms with E-state index in [0.717, 1.165) is 30.6 Å². The summed E-state index contributed by atoms with van der Waals surface area (Å²) in [5.41, 5.74) is 1.54. The van der Waals surface area contributed by atoms with Gasteiger partial charge in [-0.15, -0.1) is 11.8 Å². The Kier molecular flexibility index (Phi) is 6.36. The number of amides is 2. The van der Waals surface area contributed by atoms with Gasteiger partial charge in [-0.25, -0.2) is 8.42 Å². The maximum atomic E-state index is 12.9. The molecule has 7 nitrogen and oxygen atoms in total. The number of thioether (sulfide) groups is 1. The lowest BCUT2D eigenvalue weighted by Gasteiger charge is -2.21. The van der Waals surface area contributed by atoms with Crippen LogP contribution in [0.2, 0.25) is 0 Å². The summed E-state index contributed by atoms with van der Waals surface area (Å²) in [5.74, 6) is -0.417. The van der Waals surface area contributed by atoms with E-state index in [1.54, 1.807) is 28.6 Å². The summed E-state index contributed by atoms with van der Waals surface area (Å²) in [4.78, 5) is 25.7. The van der Waals surface area contributed by atoms with Crippen LogP contribution in [0.4, 0.5) is 11.4 Å². The van der Waals surface area contributed by atoms with E-state index < -0.39 is 10.0 Å². The largest absolute Gasteiger partial charge is 0.324 e. The standard InChI is InChI=1S/C22H25N3O4S2/c1-15-21(26)24-19-14-16(6-11-20(19)30-15)22(27)23-17-7-9-18(10-8-17)31(28,29)25-12-4-2-3-5-13-25/h6-11,14-15H,2-5,12-13H2,1H3,(H,23,27)(H,24,26)/t15-/m1/s1. The molecule has 164 valence electrons. The van der Waals surface area contributed by atoms with Crippen molar-refractivity contribution in [3.63, 3.8) is 0 Å². The molecule has 2 aliphatic rings. The molecule has 2 aromatic rings. The van der Waals surface area contributed by atoms with E-state index in [9.17, 15) is 18.0 Å². The quantitative estimate of drug-likeness (QED) is 0.722. The Bertz CT molecular complexity index is 1090. The van der Waals surface area contributed by atoms with Crippen molar-refractivity contribution in [1.29, 1.82) is 0 Å². The number of fused-ring (bicyclic) bond motifs is 1. The smallest absolute Gasteiger partial charge is 0.255 e. The van der Waals surface area contributed by atoms with Gasteiger partial charge in [0.15, 0.2) is 0 Å². The maximum absolute atomic E-state index is 12.9. The van der Waals surface area contributed by atoms with E-state index in [4.69, 9.17) is 0 Å². The molecule has 9 heteroatoms. The van der Waals surface area contributed by atoms with E-state index in [2.05, 4.69) is 10.6 Å². The lowest BCUT2D eigenvalue weighted by atomic mass is 10.1. The van der Waals surface area contributed by atoms with Crippen LogP contribution in [0.3, 0.4) is 0 Å². The molecule has 0 spiro atoms. The summed E-state index contributed by atoms with van der Waals surface area (Å²) in [7, 11) is -3.52. The van der Waals surface area contributed by atoms with Gasteiger partial charge in [0.1, 0.15) is 0 Å². The molecule has 2 amide bonds. The van der Waals surface area contributed by atoms with Gasteiger partial charge in [0, 0.05) is 29.2 Å². The fourth-order valence-electron chi connectivity index (χ4n) is 3.69. The third-order valence-corrected chi connectivity index (χ3v) is 8.58. The highest BCUT2D eigenvalue weighted by Gasteiger charge is 2.26. The average molecular weight is 460 g/mol. The summed E-state index contributed by atoms with van der Waals surface area (Å²) in [6.07, 6.45) is 3.88. The van der Waals surface area contributed by atoms with Gasteiger partial charge in [-0.3, -0.25) is 9.59 Å². The van der Waals surface area contributed by atoms with Crippen LogP contribution in [0.1, 0.15) is 43.0 Å². The normalized spacial score (nSPS) is 19.8. The first-order valence-electron chi connectivity index (χ1n) is 10.4. The molecular formula is C22H25N3O4S2.